The van der Waals surface area contributed by atoms with Crippen LogP contribution in [0.3, 0.4) is 0 Å². The number of hydrogen-bond donors (Lipinski definition) is 1. The highest BCUT2D eigenvalue weighted by molar-refractivity contribution is 5.31. The Hall–Kier alpha value is -1.06. The van der Waals surface area contributed by atoms with Gasteiger partial charge in [0.05, 0.1) is 12.7 Å². The van der Waals surface area contributed by atoms with Crippen molar-refractivity contribution in [1.29, 1.82) is 0 Å². The highest BCUT2D eigenvalue weighted by Gasteiger charge is 2.38. The van der Waals surface area contributed by atoms with Crippen molar-refractivity contribution in [2.75, 3.05) is 27.7 Å². The fourth-order valence-electron chi connectivity index (χ4n) is 3.30. The minimum Gasteiger partial charge on any atom is -0.497 e. The molecule has 2 rings (SSSR count). The predicted octanol–water partition coefficient (Wildman–Crippen LogP) is 3.67. The second-order valence-electron chi connectivity index (χ2n) is 6.25. The molecule has 0 spiro atoms. The Bertz CT molecular complexity index is 408. The second-order valence-corrected chi connectivity index (χ2v) is 6.25. The molecule has 0 amide bonds. The summed E-state index contributed by atoms with van der Waals surface area (Å²) in [6.07, 6.45) is 5.35. The molecule has 1 fully saturated rings. The van der Waals surface area contributed by atoms with Gasteiger partial charge in [0.1, 0.15) is 5.75 Å². The van der Waals surface area contributed by atoms with Gasteiger partial charge in [-0.15, -0.1) is 0 Å². The van der Waals surface area contributed by atoms with Crippen LogP contribution >= 0.6 is 0 Å². The van der Waals surface area contributed by atoms with Crippen LogP contribution in [0.25, 0.3) is 0 Å². The van der Waals surface area contributed by atoms with Gasteiger partial charge in [0.15, 0.2) is 0 Å². The topological polar surface area (TPSA) is 32.7 Å². The minimum atomic E-state index is -0.558. The summed E-state index contributed by atoms with van der Waals surface area (Å²) < 4.78 is 5.23. The van der Waals surface area contributed by atoms with E-state index >= 15 is 0 Å². The van der Waals surface area contributed by atoms with Crippen molar-refractivity contribution in [1.82, 2.24) is 4.90 Å². The smallest absolute Gasteiger partial charge is 0.118 e. The number of hydrogen-bond acceptors (Lipinski definition) is 3. The third kappa shape index (κ3) is 4.45. The van der Waals surface area contributed by atoms with E-state index in [0.29, 0.717) is 0 Å². The Morgan fingerprint density at radius 2 is 1.71 bits per heavy atom. The lowest BCUT2D eigenvalue weighted by Gasteiger charge is -2.40. The van der Waals surface area contributed by atoms with Gasteiger partial charge in [0.25, 0.3) is 0 Å². The fourth-order valence-corrected chi connectivity index (χ4v) is 3.30. The first-order valence-corrected chi connectivity index (χ1v) is 7.56. The minimum absolute atomic E-state index is 0. The van der Waals surface area contributed by atoms with E-state index < -0.39 is 5.60 Å². The summed E-state index contributed by atoms with van der Waals surface area (Å²) in [5.41, 5.74) is 0.654. The molecule has 1 aromatic carbocycles. The highest BCUT2D eigenvalue weighted by Crippen LogP contribution is 2.40. The van der Waals surface area contributed by atoms with Gasteiger partial charge >= 0.3 is 0 Å². The molecule has 0 radical (unpaired) electrons. The van der Waals surface area contributed by atoms with Crippen LogP contribution in [0.15, 0.2) is 24.3 Å². The maximum atomic E-state index is 11.1. The fraction of sp³-hybridized carbons (Fsp3) is 0.667. The zero-order valence-corrected chi connectivity index (χ0v) is 12.9. The number of nitrogens with zero attached hydrogens (tertiary/aromatic N) is 1. The zero-order chi connectivity index (χ0) is 14.6. The van der Waals surface area contributed by atoms with E-state index in [4.69, 9.17) is 4.74 Å². The summed E-state index contributed by atoms with van der Waals surface area (Å²) in [6, 6.07) is 8.17. The third-order valence-electron chi connectivity index (χ3n) is 4.43. The monoisotopic (exact) mass is 293 g/mol. The number of benzene rings is 1. The van der Waals surface area contributed by atoms with E-state index in [0.717, 1.165) is 38.0 Å². The standard InChI is InChI=1S/C17H27NO2.CH4/c1-18(2)13-16(17(19)11-5-4-6-12-17)14-7-9-15(20-3)10-8-14;/h7-10,16,19H,4-6,11-13H2,1-3H3;1H4. The average Bonchev–Trinajstić information content (AvgIpc) is 2.45. The molecule has 3 nitrogen and oxygen atoms in total. The average molecular weight is 293 g/mol. The second kappa shape index (κ2) is 7.81. The van der Waals surface area contributed by atoms with E-state index in [9.17, 15) is 5.11 Å². The molecule has 1 aliphatic rings. The Labute approximate surface area is 129 Å². The molecule has 1 aliphatic carbocycles. The van der Waals surface area contributed by atoms with Crippen molar-refractivity contribution in [2.45, 2.75) is 51.0 Å². The quantitative estimate of drug-likeness (QED) is 0.899. The van der Waals surface area contributed by atoms with Crippen molar-refractivity contribution in [3.63, 3.8) is 0 Å². The summed E-state index contributed by atoms with van der Waals surface area (Å²) >= 11 is 0. The van der Waals surface area contributed by atoms with E-state index in [2.05, 4.69) is 31.1 Å². The molecular formula is C18H31NO2. The summed E-state index contributed by atoms with van der Waals surface area (Å²) in [6.45, 7) is 0.878. The Morgan fingerprint density at radius 3 is 2.19 bits per heavy atom. The maximum Gasteiger partial charge on any atom is 0.118 e. The zero-order valence-electron chi connectivity index (χ0n) is 12.9. The van der Waals surface area contributed by atoms with Crippen LogP contribution in [0.4, 0.5) is 0 Å². The van der Waals surface area contributed by atoms with Crippen LogP contribution < -0.4 is 4.74 Å². The summed E-state index contributed by atoms with van der Waals surface area (Å²) in [5, 5.41) is 11.1. The number of methoxy groups -OCH3 is 1. The van der Waals surface area contributed by atoms with Crippen LogP contribution in [0.5, 0.6) is 5.75 Å². The molecule has 1 atom stereocenters. The van der Waals surface area contributed by atoms with Gasteiger partial charge in [-0.3, -0.25) is 0 Å². The first-order chi connectivity index (χ1) is 9.55. The van der Waals surface area contributed by atoms with E-state index in [1.807, 2.05) is 12.1 Å². The van der Waals surface area contributed by atoms with Crippen molar-refractivity contribution < 1.29 is 9.84 Å². The number of aliphatic hydroxyl groups is 1. The Morgan fingerprint density at radius 1 is 1.14 bits per heavy atom. The van der Waals surface area contributed by atoms with Gasteiger partial charge in [0.2, 0.25) is 0 Å². The lowest BCUT2D eigenvalue weighted by Crippen LogP contribution is -2.42. The SMILES string of the molecule is C.COc1ccc(C(CN(C)C)C2(O)CCCCC2)cc1. The van der Waals surface area contributed by atoms with Crippen LogP contribution in [0.1, 0.15) is 51.0 Å². The number of likely N-dealkylation sites (N-methyl/N-ethyl adjacent to an activating group) is 1. The third-order valence-corrected chi connectivity index (χ3v) is 4.43. The van der Waals surface area contributed by atoms with E-state index in [-0.39, 0.29) is 13.3 Å². The molecule has 0 heterocycles. The molecule has 0 saturated heterocycles. The first kappa shape index (κ1) is 18.0. The first-order valence-electron chi connectivity index (χ1n) is 7.56. The van der Waals surface area contributed by atoms with Gasteiger partial charge in [-0.2, -0.15) is 0 Å². The summed E-state index contributed by atoms with van der Waals surface area (Å²) in [4.78, 5) is 2.17. The van der Waals surface area contributed by atoms with Gasteiger partial charge in [-0.05, 0) is 44.6 Å². The van der Waals surface area contributed by atoms with Crippen LogP contribution in [-0.2, 0) is 0 Å². The van der Waals surface area contributed by atoms with Gasteiger partial charge < -0.3 is 14.7 Å². The largest absolute Gasteiger partial charge is 0.497 e. The normalized spacial score (nSPS) is 18.9. The van der Waals surface area contributed by atoms with Crippen LogP contribution in [0.2, 0.25) is 0 Å². The molecule has 120 valence electrons. The molecule has 1 unspecified atom stereocenters. The molecule has 0 aromatic heterocycles. The number of rotatable bonds is 5. The maximum absolute atomic E-state index is 11.1. The summed E-state index contributed by atoms with van der Waals surface area (Å²) in [5.74, 6) is 1.04. The lowest BCUT2D eigenvalue weighted by atomic mass is 9.72. The van der Waals surface area contributed by atoms with Gasteiger partial charge in [-0.25, -0.2) is 0 Å². The lowest BCUT2D eigenvalue weighted by molar-refractivity contribution is -0.0277. The van der Waals surface area contributed by atoms with Crippen molar-refractivity contribution in [3.8, 4) is 5.75 Å². The van der Waals surface area contributed by atoms with Gasteiger partial charge in [0, 0.05) is 12.5 Å². The molecule has 21 heavy (non-hydrogen) atoms. The molecule has 0 aliphatic heterocycles. The molecule has 1 saturated carbocycles. The molecule has 1 N–H and O–H groups in total. The van der Waals surface area contributed by atoms with Crippen molar-refractivity contribution in [3.05, 3.63) is 29.8 Å². The Kier molecular flexibility index (Phi) is 6.69. The predicted molar refractivity (Wildman–Crippen MR) is 89.1 cm³/mol. The molecular weight excluding hydrogens is 262 g/mol. The number of ether oxygens (including phenoxy) is 1. The van der Waals surface area contributed by atoms with E-state index in [1.165, 1.54) is 12.0 Å². The van der Waals surface area contributed by atoms with Crippen LogP contribution in [-0.4, -0.2) is 43.4 Å². The van der Waals surface area contributed by atoms with Crippen molar-refractivity contribution >= 4 is 0 Å². The Balaban J connectivity index is 0.00000220. The molecule has 1 aromatic rings. The van der Waals surface area contributed by atoms with Crippen molar-refractivity contribution in [2.24, 2.45) is 0 Å². The van der Waals surface area contributed by atoms with Crippen LogP contribution in [0, 0.1) is 0 Å². The molecule has 0 bridgehead atoms. The highest BCUT2D eigenvalue weighted by atomic mass is 16.5. The molecule has 3 heteroatoms. The van der Waals surface area contributed by atoms with E-state index in [1.54, 1.807) is 7.11 Å². The summed E-state index contributed by atoms with van der Waals surface area (Å²) in [7, 11) is 5.83. The van der Waals surface area contributed by atoms with Gasteiger partial charge in [-0.1, -0.05) is 38.8 Å².